The standard InChI is InChI=1S/C14H11F2N3O2/c15-11-5-4-10(7-12(11)16)18-13(20)8-2-1-3-9(6-8)19-14(17)21/h1-7H,(H,18,20)(H3,17,19,21). The van der Waals surface area contributed by atoms with E-state index < -0.39 is 23.6 Å². The molecule has 0 bridgehead atoms. The molecule has 2 rings (SSSR count). The van der Waals surface area contributed by atoms with Crippen LogP contribution in [0.1, 0.15) is 10.4 Å². The summed E-state index contributed by atoms with van der Waals surface area (Å²) in [7, 11) is 0. The third kappa shape index (κ3) is 3.75. The molecule has 0 radical (unpaired) electrons. The highest BCUT2D eigenvalue weighted by Crippen LogP contribution is 2.16. The molecule has 0 aliphatic rings. The number of carbonyl (C=O) groups excluding carboxylic acids is 2. The maximum atomic E-state index is 13.1. The third-order valence-electron chi connectivity index (χ3n) is 2.57. The summed E-state index contributed by atoms with van der Waals surface area (Å²) in [4.78, 5) is 22.7. The topological polar surface area (TPSA) is 84.2 Å². The first-order valence-corrected chi connectivity index (χ1v) is 5.88. The van der Waals surface area contributed by atoms with Gasteiger partial charge in [-0.1, -0.05) is 6.07 Å². The lowest BCUT2D eigenvalue weighted by atomic mass is 10.2. The first-order chi connectivity index (χ1) is 9.95. The number of anilines is 2. The van der Waals surface area contributed by atoms with E-state index in [1.54, 1.807) is 12.1 Å². The largest absolute Gasteiger partial charge is 0.351 e. The highest BCUT2D eigenvalue weighted by molar-refractivity contribution is 6.05. The van der Waals surface area contributed by atoms with E-state index in [-0.39, 0.29) is 11.3 Å². The second-order valence-corrected chi connectivity index (χ2v) is 4.15. The summed E-state index contributed by atoms with van der Waals surface area (Å²) in [5, 5.41) is 4.75. The molecule has 2 aromatic carbocycles. The summed E-state index contributed by atoms with van der Waals surface area (Å²) in [6.07, 6.45) is 0. The number of primary amides is 1. The first-order valence-electron chi connectivity index (χ1n) is 5.88. The normalized spacial score (nSPS) is 10.0. The van der Waals surface area contributed by atoms with Gasteiger partial charge in [0.2, 0.25) is 0 Å². The third-order valence-corrected chi connectivity index (χ3v) is 2.57. The lowest BCUT2D eigenvalue weighted by molar-refractivity contribution is 0.102. The molecule has 3 amide bonds. The predicted molar refractivity (Wildman–Crippen MR) is 74.0 cm³/mol. The molecule has 0 atom stereocenters. The van der Waals surface area contributed by atoms with Crippen LogP contribution in [-0.2, 0) is 0 Å². The Hall–Kier alpha value is -2.96. The van der Waals surface area contributed by atoms with Crippen molar-refractivity contribution in [2.45, 2.75) is 0 Å². The molecule has 2 aromatic rings. The van der Waals surface area contributed by atoms with Crippen LogP contribution in [-0.4, -0.2) is 11.9 Å². The van der Waals surface area contributed by atoms with Gasteiger partial charge >= 0.3 is 6.03 Å². The zero-order valence-electron chi connectivity index (χ0n) is 10.7. The average molecular weight is 291 g/mol. The molecule has 108 valence electrons. The van der Waals surface area contributed by atoms with E-state index in [1.807, 2.05) is 0 Å². The van der Waals surface area contributed by atoms with Gasteiger partial charge in [0.05, 0.1) is 0 Å². The van der Waals surface area contributed by atoms with Crippen molar-refractivity contribution in [1.29, 1.82) is 0 Å². The number of nitrogens with two attached hydrogens (primary N) is 1. The molecule has 0 heterocycles. The molecular weight excluding hydrogens is 280 g/mol. The van der Waals surface area contributed by atoms with Gasteiger partial charge in [-0.15, -0.1) is 0 Å². The van der Waals surface area contributed by atoms with Gasteiger partial charge in [0.1, 0.15) is 0 Å². The summed E-state index contributed by atoms with van der Waals surface area (Å²) in [6, 6.07) is 8.27. The van der Waals surface area contributed by atoms with Crippen molar-refractivity contribution in [1.82, 2.24) is 0 Å². The minimum atomic E-state index is -1.06. The number of hydrogen-bond donors (Lipinski definition) is 3. The van der Waals surface area contributed by atoms with Crippen molar-refractivity contribution >= 4 is 23.3 Å². The molecule has 0 fully saturated rings. The molecule has 0 unspecified atom stereocenters. The van der Waals surface area contributed by atoms with Crippen LogP contribution in [0.5, 0.6) is 0 Å². The van der Waals surface area contributed by atoms with Gasteiger partial charge < -0.3 is 16.4 Å². The van der Waals surface area contributed by atoms with Crippen LogP contribution in [0.25, 0.3) is 0 Å². The number of urea groups is 1. The number of halogens is 2. The summed E-state index contributed by atoms with van der Waals surface area (Å²) in [5.41, 5.74) is 5.67. The Balaban J connectivity index is 2.16. The van der Waals surface area contributed by atoms with Crippen molar-refractivity contribution in [2.75, 3.05) is 10.6 Å². The molecule has 0 aliphatic heterocycles. The van der Waals surface area contributed by atoms with Crippen LogP contribution in [0.15, 0.2) is 42.5 Å². The van der Waals surface area contributed by atoms with Crippen LogP contribution in [0.4, 0.5) is 25.0 Å². The summed E-state index contributed by atoms with van der Waals surface area (Å²) < 4.78 is 25.8. The number of amides is 3. The Kier molecular flexibility index (Phi) is 4.13. The van der Waals surface area contributed by atoms with Gasteiger partial charge in [0, 0.05) is 23.0 Å². The summed E-state index contributed by atoms with van der Waals surface area (Å²) >= 11 is 0. The number of nitrogens with one attached hydrogen (secondary N) is 2. The lowest BCUT2D eigenvalue weighted by Gasteiger charge is -2.07. The van der Waals surface area contributed by atoms with Gasteiger partial charge in [-0.25, -0.2) is 13.6 Å². The van der Waals surface area contributed by atoms with Crippen LogP contribution in [0.3, 0.4) is 0 Å². The molecule has 0 spiro atoms. The molecule has 7 heteroatoms. The molecule has 0 saturated carbocycles. The molecule has 4 N–H and O–H groups in total. The number of rotatable bonds is 3. The van der Waals surface area contributed by atoms with E-state index >= 15 is 0 Å². The predicted octanol–water partition coefficient (Wildman–Crippen LogP) is 2.71. The molecule has 0 saturated heterocycles. The molecular formula is C14H11F2N3O2. The zero-order valence-corrected chi connectivity index (χ0v) is 10.7. The fourth-order valence-electron chi connectivity index (χ4n) is 1.66. The maximum Gasteiger partial charge on any atom is 0.316 e. The van der Waals surface area contributed by atoms with Crippen molar-refractivity contribution in [3.8, 4) is 0 Å². The van der Waals surface area contributed by atoms with Gasteiger partial charge in [0.15, 0.2) is 11.6 Å². The minimum absolute atomic E-state index is 0.118. The van der Waals surface area contributed by atoms with Crippen LogP contribution in [0, 0.1) is 11.6 Å². The number of carbonyl (C=O) groups is 2. The van der Waals surface area contributed by atoms with Crippen molar-refractivity contribution < 1.29 is 18.4 Å². The quantitative estimate of drug-likeness (QED) is 0.812. The highest BCUT2D eigenvalue weighted by atomic mass is 19.2. The number of benzene rings is 2. The summed E-state index contributed by atoms with van der Waals surface area (Å²) in [5.74, 6) is -2.59. The van der Waals surface area contributed by atoms with E-state index in [1.165, 1.54) is 18.2 Å². The fraction of sp³-hybridized carbons (Fsp3) is 0. The van der Waals surface area contributed by atoms with E-state index in [2.05, 4.69) is 10.6 Å². The number of hydrogen-bond acceptors (Lipinski definition) is 2. The Morgan fingerprint density at radius 3 is 2.29 bits per heavy atom. The highest BCUT2D eigenvalue weighted by Gasteiger charge is 2.09. The smallest absolute Gasteiger partial charge is 0.316 e. The van der Waals surface area contributed by atoms with Crippen LogP contribution >= 0.6 is 0 Å². The van der Waals surface area contributed by atoms with Gasteiger partial charge in [-0.3, -0.25) is 4.79 Å². The van der Waals surface area contributed by atoms with Crippen molar-refractivity contribution in [2.24, 2.45) is 5.73 Å². The molecule has 0 aliphatic carbocycles. The first kappa shape index (κ1) is 14.4. The zero-order chi connectivity index (χ0) is 15.4. The second kappa shape index (κ2) is 6.00. The second-order valence-electron chi connectivity index (χ2n) is 4.15. The Morgan fingerprint density at radius 1 is 0.905 bits per heavy atom. The minimum Gasteiger partial charge on any atom is -0.351 e. The van der Waals surface area contributed by atoms with E-state index in [4.69, 9.17) is 5.73 Å². The van der Waals surface area contributed by atoms with Gasteiger partial charge in [-0.2, -0.15) is 0 Å². The summed E-state index contributed by atoms with van der Waals surface area (Å²) in [6.45, 7) is 0. The lowest BCUT2D eigenvalue weighted by Crippen LogP contribution is -2.19. The molecule has 21 heavy (non-hydrogen) atoms. The Labute approximate surface area is 118 Å². The van der Waals surface area contributed by atoms with E-state index in [0.29, 0.717) is 5.69 Å². The van der Waals surface area contributed by atoms with E-state index in [0.717, 1.165) is 12.1 Å². The molecule has 5 nitrogen and oxygen atoms in total. The Morgan fingerprint density at radius 2 is 1.62 bits per heavy atom. The van der Waals surface area contributed by atoms with Crippen LogP contribution in [0.2, 0.25) is 0 Å². The molecule has 0 aromatic heterocycles. The Bertz CT molecular complexity index is 704. The van der Waals surface area contributed by atoms with Gasteiger partial charge in [-0.05, 0) is 30.3 Å². The fourth-order valence-corrected chi connectivity index (χ4v) is 1.66. The van der Waals surface area contributed by atoms with Crippen LogP contribution < -0.4 is 16.4 Å². The van der Waals surface area contributed by atoms with Crippen molar-refractivity contribution in [3.63, 3.8) is 0 Å². The average Bonchev–Trinajstić information content (AvgIpc) is 2.42. The SMILES string of the molecule is NC(=O)Nc1cccc(C(=O)Nc2ccc(F)c(F)c2)c1. The van der Waals surface area contributed by atoms with E-state index in [9.17, 15) is 18.4 Å². The maximum absolute atomic E-state index is 13.1. The van der Waals surface area contributed by atoms with Crippen molar-refractivity contribution in [3.05, 3.63) is 59.7 Å². The van der Waals surface area contributed by atoms with Gasteiger partial charge in [0.25, 0.3) is 5.91 Å². The monoisotopic (exact) mass is 291 g/mol.